The van der Waals surface area contributed by atoms with E-state index >= 15 is 0 Å². The molecule has 0 saturated heterocycles. The lowest BCUT2D eigenvalue weighted by Crippen LogP contribution is -2.23. The van der Waals surface area contributed by atoms with Gasteiger partial charge in [0.2, 0.25) is 5.13 Å². The van der Waals surface area contributed by atoms with E-state index in [0.717, 1.165) is 26.4 Å². The number of ether oxygens (including phenoxy) is 1. The van der Waals surface area contributed by atoms with Gasteiger partial charge in [-0.25, -0.2) is 4.98 Å². The molecule has 0 radical (unpaired) electrons. The van der Waals surface area contributed by atoms with E-state index in [4.69, 9.17) is 4.74 Å². The van der Waals surface area contributed by atoms with Crippen LogP contribution in [0.3, 0.4) is 0 Å². The third kappa shape index (κ3) is 4.64. The smallest absolute Gasteiger partial charge is 0.273 e. The number of aryl methyl sites for hydroxylation is 1. The van der Waals surface area contributed by atoms with Gasteiger partial charge in [0.05, 0.1) is 23.5 Å². The molecule has 0 bridgehead atoms. The Kier molecular flexibility index (Phi) is 6.02. The third-order valence-electron chi connectivity index (χ3n) is 4.31. The van der Waals surface area contributed by atoms with E-state index in [-0.39, 0.29) is 5.91 Å². The number of carbonyl (C=O) groups excluding carboxylic acids is 1. The maximum atomic E-state index is 13.0. The summed E-state index contributed by atoms with van der Waals surface area (Å²) in [5.74, 6) is 0.481. The van der Waals surface area contributed by atoms with Gasteiger partial charge in [0, 0.05) is 11.0 Å². The van der Waals surface area contributed by atoms with Crippen LogP contribution in [0, 0.1) is 6.92 Å². The molecule has 5 nitrogen and oxygen atoms in total. The summed E-state index contributed by atoms with van der Waals surface area (Å²) in [6.07, 6.45) is 4.98. The topological polar surface area (TPSA) is 54.8 Å². The van der Waals surface area contributed by atoms with Gasteiger partial charge in [-0.05, 0) is 48.2 Å². The fourth-order valence-corrected chi connectivity index (χ4v) is 4.27. The molecule has 7 heteroatoms. The van der Waals surface area contributed by atoms with Gasteiger partial charge in [-0.15, -0.1) is 11.3 Å². The van der Waals surface area contributed by atoms with Gasteiger partial charge in [0.25, 0.3) is 5.91 Å². The molecule has 0 spiro atoms. The SMILES string of the molecule is COc1ccc2nc(N(/N=C/c3ccc(C)cc3)C(=O)/C=C/c3cccs3)sc2c1. The molecule has 0 saturated carbocycles. The summed E-state index contributed by atoms with van der Waals surface area (Å²) in [5, 5.41) is 8.27. The normalized spacial score (nSPS) is 11.5. The van der Waals surface area contributed by atoms with Gasteiger partial charge in [-0.2, -0.15) is 10.1 Å². The van der Waals surface area contributed by atoms with Crippen LogP contribution in [0.15, 0.2) is 71.2 Å². The Bertz CT molecular complexity index is 1210. The molecule has 2 aromatic carbocycles. The van der Waals surface area contributed by atoms with Gasteiger partial charge in [-0.1, -0.05) is 47.2 Å². The number of methoxy groups -OCH3 is 1. The minimum Gasteiger partial charge on any atom is -0.497 e. The van der Waals surface area contributed by atoms with Gasteiger partial charge >= 0.3 is 0 Å². The number of carbonyl (C=O) groups is 1. The zero-order valence-corrected chi connectivity index (χ0v) is 18.1. The summed E-state index contributed by atoms with van der Waals surface area (Å²) in [6, 6.07) is 17.5. The molecule has 1 amide bonds. The van der Waals surface area contributed by atoms with E-state index in [2.05, 4.69) is 10.1 Å². The first kappa shape index (κ1) is 20.0. The Balaban J connectivity index is 1.68. The summed E-state index contributed by atoms with van der Waals surface area (Å²) >= 11 is 2.96. The van der Waals surface area contributed by atoms with Gasteiger partial charge in [0.15, 0.2) is 0 Å². The fraction of sp³-hybridized carbons (Fsp3) is 0.0870. The van der Waals surface area contributed by atoms with E-state index in [1.807, 2.05) is 66.9 Å². The van der Waals surface area contributed by atoms with Crippen molar-refractivity contribution in [2.75, 3.05) is 12.1 Å². The van der Waals surface area contributed by atoms with Crippen molar-refractivity contribution in [1.29, 1.82) is 0 Å². The zero-order chi connectivity index (χ0) is 20.9. The van der Waals surface area contributed by atoms with Crippen LogP contribution in [0.1, 0.15) is 16.0 Å². The minimum atomic E-state index is -0.266. The first-order valence-corrected chi connectivity index (χ1v) is 10.9. The number of hydrogen-bond acceptors (Lipinski definition) is 6. The second-order valence-electron chi connectivity index (χ2n) is 6.48. The van der Waals surface area contributed by atoms with E-state index < -0.39 is 0 Å². The Hall–Kier alpha value is -3.29. The number of fused-ring (bicyclic) bond motifs is 1. The quantitative estimate of drug-likeness (QED) is 0.221. The van der Waals surface area contributed by atoms with Crippen LogP contribution < -0.4 is 9.75 Å². The minimum absolute atomic E-state index is 0.266. The molecule has 0 N–H and O–H groups in total. The molecule has 2 heterocycles. The summed E-state index contributed by atoms with van der Waals surface area (Å²) in [6.45, 7) is 2.03. The van der Waals surface area contributed by atoms with Crippen LogP contribution in [0.5, 0.6) is 5.75 Å². The summed E-state index contributed by atoms with van der Waals surface area (Å²) in [4.78, 5) is 18.6. The van der Waals surface area contributed by atoms with Crippen molar-refractivity contribution in [3.8, 4) is 5.75 Å². The number of rotatable bonds is 6. The molecule has 30 heavy (non-hydrogen) atoms. The number of benzene rings is 2. The summed E-state index contributed by atoms with van der Waals surface area (Å²) in [5.41, 5.74) is 2.86. The Labute approximate surface area is 182 Å². The Morgan fingerprint density at radius 2 is 2.00 bits per heavy atom. The number of anilines is 1. The lowest BCUT2D eigenvalue weighted by Gasteiger charge is -2.11. The van der Waals surface area contributed by atoms with E-state index in [9.17, 15) is 4.79 Å². The molecule has 0 aliphatic heterocycles. The van der Waals surface area contributed by atoms with Crippen molar-refractivity contribution >= 4 is 56.2 Å². The molecule has 0 aliphatic carbocycles. The average Bonchev–Trinajstić information content (AvgIpc) is 3.42. The highest BCUT2D eigenvalue weighted by molar-refractivity contribution is 7.22. The first-order valence-electron chi connectivity index (χ1n) is 9.23. The van der Waals surface area contributed by atoms with Crippen LogP contribution in [-0.4, -0.2) is 24.2 Å². The summed E-state index contributed by atoms with van der Waals surface area (Å²) in [7, 11) is 1.63. The molecule has 0 aliphatic rings. The highest BCUT2D eigenvalue weighted by Crippen LogP contribution is 2.32. The van der Waals surface area contributed by atoms with Gasteiger partial charge in [-0.3, -0.25) is 4.79 Å². The maximum absolute atomic E-state index is 13.0. The standard InChI is InChI=1S/C23H19N3O2S2/c1-16-5-7-17(8-6-16)15-24-26(22(27)12-10-19-4-3-13-29-19)23-25-20-11-9-18(28-2)14-21(20)30-23/h3-15H,1-2H3/b12-10+,24-15+. The third-order valence-corrected chi connectivity index (χ3v) is 6.14. The number of aromatic nitrogens is 1. The molecule has 0 unspecified atom stereocenters. The van der Waals surface area contributed by atoms with E-state index in [1.54, 1.807) is 30.7 Å². The second-order valence-corrected chi connectivity index (χ2v) is 8.47. The lowest BCUT2D eigenvalue weighted by molar-refractivity contribution is -0.114. The first-order chi connectivity index (χ1) is 14.6. The zero-order valence-electron chi connectivity index (χ0n) is 16.5. The van der Waals surface area contributed by atoms with Crippen molar-refractivity contribution in [1.82, 2.24) is 4.98 Å². The van der Waals surface area contributed by atoms with Crippen LogP contribution in [0.2, 0.25) is 0 Å². The monoisotopic (exact) mass is 433 g/mol. The second kappa shape index (κ2) is 9.02. The number of thiazole rings is 1. The average molecular weight is 434 g/mol. The van der Waals surface area contributed by atoms with E-state index in [1.165, 1.54) is 28.0 Å². The number of amides is 1. The molecule has 4 aromatic rings. The van der Waals surface area contributed by atoms with Crippen molar-refractivity contribution in [2.24, 2.45) is 5.10 Å². The Morgan fingerprint density at radius 1 is 1.17 bits per heavy atom. The van der Waals surface area contributed by atoms with Crippen LogP contribution >= 0.6 is 22.7 Å². The van der Waals surface area contributed by atoms with Crippen molar-refractivity contribution < 1.29 is 9.53 Å². The van der Waals surface area contributed by atoms with Crippen LogP contribution in [-0.2, 0) is 4.79 Å². The summed E-state index contributed by atoms with van der Waals surface area (Å²) < 4.78 is 6.22. The van der Waals surface area contributed by atoms with Crippen molar-refractivity contribution in [3.05, 3.63) is 82.1 Å². The molecule has 0 atom stereocenters. The molecule has 4 rings (SSSR count). The van der Waals surface area contributed by atoms with Crippen molar-refractivity contribution in [3.63, 3.8) is 0 Å². The molecule has 150 valence electrons. The van der Waals surface area contributed by atoms with E-state index in [0.29, 0.717) is 5.13 Å². The van der Waals surface area contributed by atoms with Crippen LogP contribution in [0.25, 0.3) is 16.3 Å². The molecule has 0 fully saturated rings. The lowest BCUT2D eigenvalue weighted by atomic mass is 10.2. The maximum Gasteiger partial charge on any atom is 0.273 e. The van der Waals surface area contributed by atoms with Gasteiger partial charge < -0.3 is 4.74 Å². The predicted octanol–water partition coefficient (Wildman–Crippen LogP) is 5.76. The molecule has 2 aromatic heterocycles. The Morgan fingerprint density at radius 3 is 2.73 bits per heavy atom. The van der Waals surface area contributed by atoms with Crippen molar-refractivity contribution in [2.45, 2.75) is 6.92 Å². The molecular weight excluding hydrogens is 414 g/mol. The van der Waals surface area contributed by atoms with Gasteiger partial charge in [0.1, 0.15) is 5.75 Å². The van der Waals surface area contributed by atoms with Crippen LogP contribution in [0.4, 0.5) is 5.13 Å². The number of nitrogens with zero attached hydrogens (tertiary/aromatic N) is 3. The fourth-order valence-electron chi connectivity index (χ4n) is 2.70. The highest BCUT2D eigenvalue weighted by atomic mass is 32.1. The highest BCUT2D eigenvalue weighted by Gasteiger charge is 2.17. The number of hydrazone groups is 1. The largest absolute Gasteiger partial charge is 0.497 e. The number of hydrogen-bond donors (Lipinski definition) is 0. The number of thiophene rings is 1. The molecular formula is C23H19N3O2S2. The predicted molar refractivity (Wildman–Crippen MR) is 126 cm³/mol.